The van der Waals surface area contributed by atoms with Gasteiger partial charge in [-0.1, -0.05) is 13.8 Å². The number of benzene rings is 2. The number of anilines is 1. The third-order valence-corrected chi connectivity index (χ3v) is 3.94. The largest absolute Gasteiger partial charge is 0.494 e. The number of alkyl halides is 3. The first-order valence-corrected chi connectivity index (χ1v) is 9.07. The van der Waals surface area contributed by atoms with Crippen LogP contribution in [0.3, 0.4) is 0 Å². The molecule has 0 aliphatic heterocycles. The van der Waals surface area contributed by atoms with E-state index in [4.69, 9.17) is 9.47 Å². The van der Waals surface area contributed by atoms with E-state index in [9.17, 15) is 28.1 Å². The minimum atomic E-state index is -4.93. The van der Waals surface area contributed by atoms with Crippen LogP contribution in [0, 0.1) is 16.0 Å². The first kappa shape index (κ1) is 23.0. The van der Waals surface area contributed by atoms with Crippen LogP contribution < -0.4 is 14.8 Å². The molecule has 10 heteroatoms. The maximum atomic E-state index is 13.0. The Hall–Kier alpha value is -3.30. The monoisotopic (exact) mass is 426 g/mol. The van der Waals surface area contributed by atoms with Gasteiger partial charge in [-0.15, -0.1) is 0 Å². The first-order valence-electron chi connectivity index (χ1n) is 9.07. The van der Waals surface area contributed by atoms with E-state index in [-0.39, 0.29) is 5.69 Å². The maximum Gasteiger partial charge on any atom is 0.423 e. The van der Waals surface area contributed by atoms with Crippen molar-refractivity contribution < 1.29 is 32.4 Å². The molecule has 0 fully saturated rings. The summed E-state index contributed by atoms with van der Waals surface area (Å²) in [5.74, 6) is 0.836. The van der Waals surface area contributed by atoms with Gasteiger partial charge >= 0.3 is 6.18 Å². The molecule has 0 saturated heterocycles. The van der Waals surface area contributed by atoms with Gasteiger partial charge in [0.2, 0.25) is 0 Å². The minimum Gasteiger partial charge on any atom is -0.494 e. The Bertz CT molecular complexity index is 883. The summed E-state index contributed by atoms with van der Waals surface area (Å²) in [7, 11) is 0. The first-order chi connectivity index (χ1) is 14.1. The van der Waals surface area contributed by atoms with Crippen LogP contribution in [-0.4, -0.2) is 24.0 Å². The average Bonchev–Trinajstić information content (AvgIpc) is 2.66. The summed E-state index contributed by atoms with van der Waals surface area (Å²) in [6.07, 6.45) is -4.02. The molecule has 30 heavy (non-hydrogen) atoms. The van der Waals surface area contributed by atoms with Crippen LogP contribution in [-0.2, 0) is 11.0 Å². The smallest absolute Gasteiger partial charge is 0.423 e. The van der Waals surface area contributed by atoms with Crippen molar-refractivity contribution in [2.24, 2.45) is 5.92 Å². The lowest BCUT2D eigenvalue weighted by molar-refractivity contribution is -0.388. The molecule has 0 aliphatic rings. The number of nitro benzene ring substituents is 1. The van der Waals surface area contributed by atoms with E-state index in [0.717, 1.165) is 12.5 Å². The molecule has 1 N–H and O–H groups in total. The SMILES string of the molecule is CC(C)CCOc1ccc(OCC(=O)Nc2ccc([N+](=O)[O-])c(C(F)(F)F)c2)cc1. The number of ether oxygens (including phenoxy) is 2. The summed E-state index contributed by atoms with van der Waals surface area (Å²) < 4.78 is 49.8. The number of carbonyl (C=O) groups is 1. The summed E-state index contributed by atoms with van der Waals surface area (Å²) >= 11 is 0. The van der Waals surface area contributed by atoms with Gasteiger partial charge in [-0.2, -0.15) is 13.2 Å². The highest BCUT2D eigenvalue weighted by molar-refractivity contribution is 5.92. The normalized spacial score (nSPS) is 11.3. The van der Waals surface area contributed by atoms with Crippen molar-refractivity contribution in [3.8, 4) is 11.5 Å². The number of halogens is 3. The van der Waals surface area contributed by atoms with E-state index in [1.54, 1.807) is 24.3 Å². The maximum absolute atomic E-state index is 13.0. The van der Waals surface area contributed by atoms with Gasteiger partial charge in [0, 0.05) is 11.8 Å². The van der Waals surface area contributed by atoms with E-state index >= 15 is 0 Å². The zero-order valence-electron chi connectivity index (χ0n) is 16.4. The quantitative estimate of drug-likeness (QED) is 0.447. The van der Waals surface area contributed by atoms with Crippen LogP contribution in [0.5, 0.6) is 11.5 Å². The standard InChI is InChI=1S/C20H21F3N2O5/c1-13(2)9-10-29-15-4-6-16(7-5-15)30-12-19(26)24-14-3-8-18(25(27)28)17(11-14)20(21,22)23/h3-8,11,13H,9-10,12H2,1-2H3,(H,24,26). The summed E-state index contributed by atoms with van der Waals surface area (Å²) in [5.41, 5.74) is -2.76. The highest BCUT2D eigenvalue weighted by Gasteiger charge is 2.38. The third-order valence-electron chi connectivity index (χ3n) is 3.94. The highest BCUT2D eigenvalue weighted by atomic mass is 19.4. The van der Waals surface area contributed by atoms with Gasteiger partial charge in [0.25, 0.3) is 11.6 Å². The molecule has 0 heterocycles. The molecule has 2 aromatic carbocycles. The molecule has 7 nitrogen and oxygen atoms in total. The number of hydrogen-bond donors (Lipinski definition) is 1. The van der Waals surface area contributed by atoms with Crippen molar-refractivity contribution in [2.75, 3.05) is 18.5 Å². The van der Waals surface area contributed by atoms with Crippen molar-refractivity contribution in [1.82, 2.24) is 0 Å². The molecular weight excluding hydrogens is 405 g/mol. The number of hydrogen-bond acceptors (Lipinski definition) is 5. The van der Waals surface area contributed by atoms with Crippen LogP contribution >= 0.6 is 0 Å². The summed E-state index contributed by atoms with van der Waals surface area (Å²) in [6.45, 7) is 4.30. The van der Waals surface area contributed by atoms with Crippen molar-refractivity contribution in [3.63, 3.8) is 0 Å². The number of carbonyl (C=O) groups excluding carboxylic acids is 1. The molecule has 0 spiro atoms. The molecular formula is C20H21F3N2O5. The van der Waals surface area contributed by atoms with Crippen molar-refractivity contribution in [1.29, 1.82) is 0 Å². The Morgan fingerprint density at radius 1 is 1.10 bits per heavy atom. The molecule has 2 rings (SSSR count). The lowest BCUT2D eigenvalue weighted by Crippen LogP contribution is -2.20. The summed E-state index contributed by atoms with van der Waals surface area (Å²) in [5, 5.41) is 13.0. The molecule has 2 aromatic rings. The average molecular weight is 426 g/mol. The van der Waals surface area contributed by atoms with Gasteiger partial charge in [0.1, 0.15) is 17.1 Å². The number of rotatable bonds is 9. The zero-order valence-corrected chi connectivity index (χ0v) is 16.4. The second-order valence-electron chi connectivity index (χ2n) is 6.83. The summed E-state index contributed by atoms with van der Waals surface area (Å²) in [6, 6.07) is 8.79. The Balaban J connectivity index is 1.92. The number of nitrogens with one attached hydrogen (secondary N) is 1. The Morgan fingerprint density at radius 2 is 1.70 bits per heavy atom. The third kappa shape index (κ3) is 6.94. The molecule has 0 bridgehead atoms. The fourth-order valence-corrected chi connectivity index (χ4v) is 2.39. The van der Waals surface area contributed by atoms with E-state index in [1.165, 1.54) is 0 Å². The van der Waals surface area contributed by atoms with Gasteiger partial charge in [-0.05, 0) is 48.7 Å². The van der Waals surface area contributed by atoms with E-state index in [1.807, 2.05) is 0 Å². The molecule has 0 unspecified atom stereocenters. The van der Waals surface area contributed by atoms with Crippen molar-refractivity contribution >= 4 is 17.3 Å². The van der Waals surface area contributed by atoms with E-state index in [2.05, 4.69) is 19.2 Å². The minimum absolute atomic E-state index is 0.226. The molecule has 162 valence electrons. The second-order valence-corrected chi connectivity index (χ2v) is 6.83. The van der Waals surface area contributed by atoms with E-state index in [0.29, 0.717) is 36.2 Å². The van der Waals surface area contributed by atoms with Crippen LogP contribution in [0.2, 0.25) is 0 Å². The summed E-state index contributed by atoms with van der Waals surface area (Å²) in [4.78, 5) is 21.6. The predicted molar refractivity (Wildman–Crippen MR) is 104 cm³/mol. The van der Waals surface area contributed by atoms with Gasteiger partial charge in [0.05, 0.1) is 11.5 Å². The van der Waals surface area contributed by atoms with Crippen LogP contribution in [0.1, 0.15) is 25.8 Å². The fourth-order valence-electron chi connectivity index (χ4n) is 2.39. The van der Waals surface area contributed by atoms with Gasteiger partial charge in [0.15, 0.2) is 6.61 Å². The van der Waals surface area contributed by atoms with Crippen LogP contribution in [0.4, 0.5) is 24.5 Å². The zero-order chi connectivity index (χ0) is 22.3. The van der Waals surface area contributed by atoms with Crippen molar-refractivity contribution in [2.45, 2.75) is 26.4 Å². The molecule has 0 atom stereocenters. The Labute approximate surface area is 170 Å². The lowest BCUT2D eigenvalue weighted by Gasteiger charge is -2.11. The molecule has 1 amide bonds. The number of nitrogens with zero attached hydrogens (tertiary/aromatic N) is 1. The molecule has 0 radical (unpaired) electrons. The topological polar surface area (TPSA) is 90.7 Å². The molecule has 0 saturated carbocycles. The Morgan fingerprint density at radius 3 is 2.23 bits per heavy atom. The fraction of sp³-hybridized carbons (Fsp3) is 0.350. The Kier molecular flexibility index (Phi) is 7.62. The van der Waals surface area contributed by atoms with Gasteiger partial charge in [-0.3, -0.25) is 14.9 Å². The predicted octanol–water partition coefficient (Wildman–Crippen LogP) is 5.06. The van der Waals surface area contributed by atoms with Crippen molar-refractivity contribution in [3.05, 3.63) is 58.1 Å². The van der Waals surface area contributed by atoms with E-state index < -0.39 is 34.9 Å². The lowest BCUT2D eigenvalue weighted by atomic mass is 10.1. The highest BCUT2D eigenvalue weighted by Crippen LogP contribution is 2.37. The number of amides is 1. The number of nitro groups is 1. The molecule has 0 aliphatic carbocycles. The van der Waals surface area contributed by atoms with Crippen LogP contribution in [0.25, 0.3) is 0 Å². The van der Waals surface area contributed by atoms with Crippen LogP contribution in [0.15, 0.2) is 42.5 Å². The van der Waals surface area contributed by atoms with Gasteiger partial charge in [-0.25, -0.2) is 0 Å². The second kappa shape index (κ2) is 9.95. The van der Waals surface area contributed by atoms with Gasteiger partial charge < -0.3 is 14.8 Å². The molecule has 0 aromatic heterocycles.